The van der Waals surface area contributed by atoms with Crippen molar-refractivity contribution in [3.05, 3.63) is 46.1 Å². The van der Waals surface area contributed by atoms with Gasteiger partial charge in [-0.25, -0.2) is 0 Å². The molecule has 0 aliphatic carbocycles. The van der Waals surface area contributed by atoms with E-state index < -0.39 is 11.8 Å². The van der Waals surface area contributed by atoms with Gasteiger partial charge in [-0.15, -0.1) is 0 Å². The lowest BCUT2D eigenvalue weighted by Gasteiger charge is -2.06. The fourth-order valence-electron chi connectivity index (χ4n) is 1.71. The van der Waals surface area contributed by atoms with Gasteiger partial charge in [0.2, 0.25) is 0 Å². The van der Waals surface area contributed by atoms with Gasteiger partial charge in [-0.05, 0) is 34.1 Å². The summed E-state index contributed by atoms with van der Waals surface area (Å²) < 4.78 is 12.5. The highest BCUT2D eigenvalue weighted by atomic mass is 79.9. The van der Waals surface area contributed by atoms with E-state index in [0.717, 1.165) is 4.47 Å². The minimum absolute atomic E-state index is 0.0930. The first-order valence-corrected chi connectivity index (χ1v) is 6.80. The van der Waals surface area contributed by atoms with Crippen LogP contribution in [0.4, 0.5) is 0 Å². The summed E-state index contributed by atoms with van der Waals surface area (Å²) in [4.78, 5) is 23.7. The number of ether oxygens (including phenoxy) is 1. The molecule has 2 amide bonds. The number of methoxy groups -OCH3 is 1. The maximum Gasteiger partial charge on any atom is 0.305 e. The molecule has 2 aromatic rings. The van der Waals surface area contributed by atoms with Gasteiger partial charge >= 0.3 is 5.91 Å². The van der Waals surface area contributed by atoms with Gasteiger partial charge in [0, 0.05) is 24.8 Å². The van der Waals surface area contributed by atoms with Gasteiger partial charge < -0.3 is 13.7 Å². The third-order valence-corrected chi connectivity index (χ3v) is 3.10. The first kappa shape index (κ1) is 15.3. The second-order valence-corrected chi connectivity index (χ2v) is 5.18. The van der Waals surface area contributed by atoms with E-state index in [4.69, 9.17) is 9.15 Å². The van der Waals surface area contributed by atoms with Crippen LogP contribution in [0.5, 0.6) is 0 Å². The van der Waals surface area contributed by atoms with Crippen LogP contribution in [0.15, 0.2) is 33.3 Å². The molecule has 8 heteroatoms. The number of carbonyl (C=O) groups is 2. The summed E-state index contributed by atoms with van der Waals surface area (Å²) in [7, 11) is 3.26. The predicted molar refractivity (Wildman–Crippen MR) is 77.5 cm³/mol. The average molecular weight is 356 g/mol. The fourth-order valence-corrected chi connectivity index (χ4v) is 2.23. The number of amides is 2. The van der Waals surface area contributed by atoms with Crippen molar-refractivity contribution in [3.63, 3.8) is 0 Å². The van der Waals surface area contributed by atoms with Crippen molar-refractivity contribution in [1.82, 2.24) is 15.4 Å². The molecule has 2 rings (SSSR count). The molecule has 112 valence electrons. The molecule has 0 bridgehead atoms. The Balaban J connectivity index is 1.94. The van der Waals surface area contributed by atoms with Gasteiger partial charge in [0.05, 0.1) is 0 Å². The molecule has 0 aliphatic rings. The Morgan fingerprint density at radius 2 is 2.05 bits per heavy atom. The van der Waals surface area contributed by atoms with Crippen LogP contribution in [0, 0.1) is 0 Å². The van der Waals surface area contributed by atoms with Gasteiger partial charge in [0.25, 0.3) is 5.91 Å². The van der Waals surface area contributed by atoms with Gasteiger partial charge in [-0.1, -0.05) is 0 Å². The average Bonchev–Trinajstić information content (AvgIpc) is 3.03. The summed E-state index contributed by atoms with van der Waals surface area (Å²) in [6.07, 6.45) is 1.74. The lowest BCUT2D eigenvalue weighted by molar-refractivity contribution is 0.0822. The summed E-state index contributed by atoms with van der Waals surface area (Å²) in [5.74, 6) is -0.352. The molecule has 0 fully saturated rings. The monoisotopic (exact) mass is 355 g/mol. The van der Waals surface area contributed by atoms with Crippen molar-refractivity contribution in [2.24, 2.45) is 7.05 Å². The minimum atomic E-state index is -0.543. The Bertz CT molecular complexity index is 662. The number of hydrogen-bond donors (Lipinski definition) is 2. The highest BCUT2D eigenvalue weighted by Gasteiger charge is 2.15. The molecule has 0 radical (unpaired) electrons. The topological polar surface area (TPSA) is 85.5 Å². The fraction of sp³-hybridized carbons (Fsp3) is 0.231. The second-order valence-electron chi connectivity index (χ2n) is 4.26. The van der Waals surface area contributed by atoms with Crippen LogP contribution >= 0.6 is 15.9 Å². The molecule has 2 heterocycles. The molecular formula is C13H14BrN3O4. The standard InChI is InChI=1S/C13H14BrN3O4/c1-17-6-8(14)5-10(17)12(18)15-16-13(19)11-4-3-9(21-11)7-20-2/h3-6H,7H2,1-2H3,(H,15,18)(H,16,19). The molecule has 0 saturated heterocycles. The molecule has 0 spiro atoms. The van der Waals surface area contributed by atoms with E-state index in [-0.39, 0.29) is 12.4 Å². The predicted octanol–water partition coefficient (Wildman–Crippen LogP) is 1.60. The number of hydrazine groups is 1. The Labute approximate surface area is 129 Å². The molecule has 0 atom stereocenters. The third-order valence-electron chi connectivity index (χ3n) is 2.67. The largest absolute Gasteiger partial charge is 0.453 e. The maximum atomic E-state index is 11.9. The lowest BCUT2D eigenvalue weighted by Crippen LogP contribution is -2.42. The van der Waals surface area contributed by atoms with Crippen molar-refractivity contribution < 1.29 is 18.7 Å². The van der Waals surface area contributed by atoms with Gasteiger partial charge in [-0.3, -0.25) is 20.4 Å². The Morgan fingerprint density at radius 3 is 2.67 bits per heavy atom. The zero-order valence-corrected chi connectivity index (χ0v) is 13.1. The van der Waals surface area contributed by atoms with E-state index >= 15 is 0 Å². The van der Waals surface area contributed by atoms with Crippen LogP contribution in [-0.2, 0) is 18.4 Å². The van der Waals surface area contributed by atoms with E-state index in [1.807, 2.05) is 0 Å². The number of carbonyl (C=O) groups excluding carboxylic acids is 2. The SMILES string of the molecule is COCc1ccc(C(=O)NNC(=O)c2cc(Br)cn2C)o1. The van der Waals surface area contributed by atoms with E-state index in [1.54, 1.807) is 29.9 Å². The number of rotatable bonds is 4. The highest BCUT2D eigenvalue weighted by molar-refractivity contribution is 9.10. The summed E-state index contributed by atoms with van der Waals surface area (Å²) >= 11 is 3.27. The minimum Gasteiger partial charge on any atom is -0.453 e. The normalized spacial score (nSPS) is 10.4. The lowest BCUT2D eigenvalue weighted by atomic mass is 10.4. The smallest absolute Gasteiger partial charge is 0.305 e. The number of nitrogens with one attached hydrogen (secondary N) is 2. The first-order valence-electron chi connectivity index (χ1n) is 6.01. The molecular weight excluding hydrogens is 342 g/mol. The van der Waals surface area contributed by atoms with Crippen LogP contribution in [0.25, 0.3) is 0 Å². The highest BCUT2D eigenvalue weighted by Crippen LogP contribution is 2.13. The van der Waals surface area contributed by atoms with E-state index in [1.165, 1.54) is 13.2 Å². The Morgan fingerprint density at radius 1 is 1.33 bits per heavy atom. The Kier molecular flexibility index (Phi) is 4.81. The van der Waals surface area contributed by atoms with Gasteiger partial charge in [0.15, 0.2) is 5.76 Å². The van der Waals surface area contributed by atoms with Gasteiger partial charge in [0.1, 0.15) is 18.1 Å². The van der Waals surface area contributed by atoms with E-state index in [0.29, 0.717) is 11.5 Å². The van der Waals surface area contributed by atoms with Crippen molar-refractivity contribution in [2.45, 2.75) is 6.61 Å². The molecule has 21 heavy (non-hydrogen) atoms. The number of aromatic nitrogens is 1. The van der Waals surface area contributed by atoms with Crippen LogP contribution < -0.4 is 10.9 Å². The number of nitrogens with zero attached hydrogens (tertiary/aromatic N) is 1. The Hall–Kier alpha value is -2.06. The van der Waals surface area contributed by atoms with E-state index in [9.17, 15) is 9.59 Å². The number of aryl methyl sites for hydroxylation is 1. The van der Waals surface area contributed by atoms with Crippen molar-refractivity contribution in [2.75, 3.05) is 7.11 Å². The summed E-state index contributed by atoms with van der Waals surface area (Å²) in [5.41, 5.74) is 5.01. The van der Waals surface area contributed by atoms with Crippen LogP contribution in [0.3, 0.4) is 0 Å². The zero-order chi connectivity index (χ0) is 15.4. The summed E-state index contributed by atoms with van der Waals surface area (Å²) in [6, 6.07) is 4.79. The number of furan rings is 1. The molecule has 2 aromatic heterocycles. The molecule has 0 aromatic carbocycles. The summed E-state index contributed by atoms with van der Waals surface area (Å²) in [6.45, 7) is 0.275. The van der Waals surface area contributed by atoms with Crippen LogP contribution in [-0.4, -0.2) is 23.5 Å². The van der Waals surface area contributed by atoms with Crippen molar-refractivity contribution >= 4 is 27.7 Å². The van der Waals surface area contributed by atoms with Gasteiger partial charge in [-0.2, -0.15) is 0 Å². The molecule has 0 unspecified atom stereocenters. The third kappa shape index (κ3) is 3.73. The zero-order valence-electron chi connectivity index (χ0n) is 11.5. The molecule has 2 N–H and O–H groups in total. The maximum absolute atomic E-state index is 11.9. The number of hydrogen-bond acceptors (Lipinski definition) is 4. The number of halogens is 1. The van der Waals surface area contributed by atoms with Crippen LogP contribution in [0.2, 0.25) is 0 Å². The van der Waals surface area contributed by atoms with Crippen molar-refractivity contribution in [3.8, 4) is 0 Å². The van der Waals surface area contributed by atoms with Crippen LogP contribution in [0.1, 0.15) is 26.8 Å². The second kappa shape index (κ2) is 6.59. The molecule has 7 nitrogen and oxygen atoms in total. The quantitative estimate of drug-likeness (QED) is 0.815. The summed E-state index contributed by atoms with van der Waals surface area (Å²) in [5, 5.41) is 0. The van der Waals surface area contributed by atoms with Crippen molar-refractivity contribution in [1.29, 1.82) is 0 Å². The molecule has 0 saturated carbocycles. The molecule has 0 aliphatic heterocycles. The van der Waals surface area contributed by atoms with E-state index in [2.05, 4.69) is 26.8 Å². The first-order chi connectivity index (χ1) is 10.0.